The van der Waals surface area contributed by atoms with E-state index in [-0.39, 0.29) is 51.8 Å². The van der Waals surface area contributed by atoms with Gasteiger partial charge in [0.15, 0.2) is 15.6 Å². The maximum absolute atomic E-state index is 13.8. The molecule has 0 bridgehead atoms. The van der Waals surface area contributed by atoms with E-state index in [9.17, 15) is 22.8 Å². The molecule has 0 radical (unpaired) electrons. The van der Waals surface area contributed by atoms with Gasteiger partial charge in [-0.15, -0.1) is 0 Å². The van der Waals surface area contributed by atoms with E-state index < -0.39 is 9.84 Å². The van der Waals surface area contributed by atoms with E-state index in [0.29, 0.717) is 49.2 Å². The summed E-state index contributed by atoms with van der Waals surface area (Å²) in [6.07, 6.45) is 2.34. The molecule has 1 amide bonds. The number of amides is 1. The summed E-state index contributed by atoms with van der Waals surface area (Å²) in [6, 6.07) is 12.0. The zero-order valence-corrected chi connectivity index (χ0v) is 19.3. The first kappa shape index (κ1) is 21.2. The Balaban J connectivity index is 1.36. The molecule has 2 saturated heterocycles. The van der Waals surface area contributed by atoms with Crippen molar-refractivity contribution in [1.29, 1.82) is 0 Å². The van der Waals surface area contributed by atoms with Crippen LogP contribution in [-0.4, -0.2) is 83.8 Å². The van der Waals surface area contributed by atoms with Crippen LogP contribution in [0.15, 0.2) is 48.7 Å². The van der Waals surface area contributed by atoms with Crippen molar-refractivity contribution in [1.82, 2.24) is 14.2 Å². The topological polar surface area (TPSA) is 96.2 Å². The van der Waals surface area contributed by atoms with Gasteiger partial charge in [0.1, 0.15) is 5.69 Å². The summed E-state index contributed by atoms with van der Waals surface area (Å²) in [4.78, 5) is 44.5. The molecule has 34 heavy (non-hydrogen) atoms. The van der Waals surface area contributed by atoms with Crippen LogP contribution < -0.4 is 0 Å². The summed E-state index contributed by atoms with van der Waals surface area (Å²) in [7, 11) is -2.97. The minimum atomic E-state index is -2.97. The fraction of sp³-hybridized carbons (Fsp3) is 0.320. The zero-order chi connectivity index (χ0) is 23.6. The second kappa shape index (κ2) is 7.61. The van der Waals surface area contributed by atoms with Gasteiger partial charge in [-0.05, 0) is 18.6 Å². The van der Waals surface area contributed by atoms with E-state index in [1.54, 1.807) is 58.0 Å². The van der Waals surface area contributed by atoms with Crippen LogP contribution in [0.2, 0.25) is 0 Å². The quantitative estimate of drug-likeness (QED) is 0.436. The Morgan fingerprint density at radius 1 is 0.882 bits per heavy atom. The smallest absolute Gasteiger partial charge is 0.256 e. The van der Waals surface area contributed by atoms with Gasteiger partial charge in [0.25, 0.3) is 5.91 Å². The van der Waals surface area contributed by atoms with Gasteiger partial charge in [-0.1, -0.05) is 30.3 Å². The van der Waals surface area contributed by atoms with Crippen LogP contribution in [0.4, 0.5) is 0 Å². The van der Waals surface area contributed by atoms with Gasteiger partial charge in [-0.25, -0.2) is 8.42 Å². The highest BCUT2D eigenvalue weighted by atomic mass is 32.2. The molecular weight excluding hydrogens is 454 g/mol. The largest absolute Gasteiger partial charge is 0.336 e. The molecule has 174 valence electrons. The molecular formula is C25H23N3O5S. The summed E-state index contributed by atoms with van der Waals surface area (Å²) in [5.41, 5.74) is 1.87. The van der Waals surface area contributed by atoms with E-state index in [1.807, 2.05) is 0 Å². The van der Waals surface area contributed by atoms with E-state index in [4.69, 9.17) is 0 Å². The summed E-state index contributed by atoms with van der Waals surface area (Å²) < 4.78 is 25.4. The van der Waals surface area contributed by atoms with Crippen molar-refractivity contribution in [3.8, 4) is 0 Å². The number of rotatable bonds is 2. The van der Waals surface area contributed by atoms with E-state index >= 15 is 0 Å². The Kier molecular flexibility index (Phi) is 4.76. The number of hydrogen-bond acceptors (Lipinski definition) is 6. The SMILES string of the molecule is O=C1c2ccccc2C(=O)c2c1c(C(=O)N1CCN([C@H]3CCS(=O)(=O)C3)CC1)c1ccccn21. The number of fused-ring (bicyclic) bond motifs is 4. The van der Waals surface area contributed by atoms with Crippen LogP contribution in [-0.2, 0) is 9.84 Å². The second-order valence-corrected chi connectivity index (χ2v) is 11.4. The maximum atomic E-state index is 13.8. The minimum absolute atomic E-state index is 0.000948. The Labute approximate surface area is 196 Å². The van der Waals surface area contributed by atoms with Crippen LogP contribution in [0.5, 0.6) is 0 Å². The van der Waals surface area contributed by atoms with Crippen molar-refractivity contribution in [3.63, 3.8) is 0 Å². The number of carbonyl (C=O) groups excluding carboxylic acids is 3. The van der Waals surface area contributed by atoms with E-state index in [2.05, 4.69) is 4.90 Å². The lowest BCUT2D eigenvalue weighted by atomic mass is 9.86. The lowest BCUT2D eigenvalue weighted by molar-refractivity contribution is 0.0587. The summed E-state index contributed by atoms with van der Waals surface area (Å²) in [5.74, 6) is -0.458. The number of aromatic nitrogens is 1. The number of carbonyl (C=O) groups is 3. The maximum Gasteiger partial charge on any atom is 0.256 e. The molecule has 3 aromatic rings. The first-order chi connectivity index (χ1) is 16.4. The molecule has 2 aliphatic heterocycles. The summed E-state index contributed by atoms with van der Waals surface area (Å²) in [5, 5.41) is 0. The van der Waals surface area contributed by atoms with Gasteiger partial charge in [-0.3, -0.25) is 19.3 Å². The Hall–Kier alpha value is -3.30. The highest BCUT2D eigenvalue weighted by Crippen LogP contribution is 2.34. The molecule has 3 aliphatic rings. The molecule has 4 heterocycles. The predicted octanol–water partition coefficient (Wildman–Crippen LogP) is 1.66. The summed E-state index contributed by atoms with van der Waals surface area (Å²) in [6.45, 7) is 2.03. The van der Waals surface area contributed by atoms with Gasteiger partial charge in [-0.2, -0.15) is 0 Å². The van der Waals surface area contributed by atoms with Gasteiger partial charge in [0.05, 0.1) is 28.1 Å². The van der Waals surface area contributed by atoms with Crippen LogP contribution in [0.1, 0.15) is 48.8 Å². The number of nitrogens with zero attached hydrogens (tertiary/aromatic N) is 3. The van der Waals surface area contributed by atoms with Gasteiger partial charge in [0.2, 0.25) is 5.78 Å². The number of hydrogen-bond donors (Lipinski definition) is 0. The number of piperazine rings is 1. The third-order valence-corrected chi connectivity index (χ3v) is 8.99. The zero-order valence-electron chi connectivity index (χ0n) is 18.4. The third-order valence-electron chi connectivity index (χ3n) is 7.24. The highest BCUT2D eigenvalue weighted by molar-refractivity contribution is 7.91. The molecule has 1 aliphatic carbocycles. The lowest BCUT2D eigenvalue weighted by Gasteiger charge is -2.37. The van der Waals surface area contributed by atoms with Crippen molar-refractivity contribution in [2.75, 3.05) is 37.7 Å². The van der Waals surface area contributed by atoms with Crippen molar-refractivity contribution < 1.29 is 22.8 Å². The molecule has 9 heteroatoms. The van der Waals surface area contributed by atoms with Gasteiger partial charge in [0, 0.05) is 49.5 Å². The van der Waals surface area contributed by atoms with Gasteiger partial charge >= 0.3 is 0 Å². The standard InChI is InChI=1S/C25H23N3O5S/c29-23-17-5-1-2-6-18(17)24(30)22-21(23)20(19-7-3-4-9-28(19)22)25(31)27-12-10-26(11-13-27)16-8-14-34(32,33)15-16/h1-7,9,16H,8,10-15H2/t16-/m0/s1. The van der Waals surface area contributed by atoms with Crippen molar-refractivity contribution >= 4 is 32.8 Å². The lowest BCUT2D eigenvalue weighted by Crippen LogP contribution is -2.52. The molecule has 0 N–H and O–H groups in total. The second-order valence-electron chi connectivity index (χ2n) is 9.14. The van der Waals surface area contributed by atoms with Gasteiger partial charge < -0.3 is 9.30 Å². The molecule has 1 aromatic carbocycles. The van der Waals surface area contributed by atoms with Crippen LogP contribution in [0.25, 0.3) is 5.52 Å². The number of ketones is 2. The molecule has 0 unspecified atom stereocenters. The van der Waals surface area contributed by atoms with Crippen molar-refractivity contribution in [3.05, 3.63) is 76.6 Å². The van der Waals surface area contributed by atoms with E-state index in [0.717, 1.165) is 0 Å². The molecule has 2 aromatic heterocycles. The third kappa shape index (κ3) is 3.14. The first-order valence-corrected chi connectivity index (χ1v) is 13.2. The normalized spacial score (nSPS) is 22.1. The molecule has 2 fully saturated rings. The molecule has 8 nitrogen and oxygen atoms in total. The Morgan fingerprint density at radius 3 is 2.24 bits per heavy atom. The average Bonchev–Trinajstić information content (AvgIpc) is 3.40. The van der Waals surface area contributed by atoms with Crippen molar-refractivity contribution in [2.45, 2.75) is 12.5 Å². The summed E-state index contributed by atoms with van der Waals surface area (Å²) >= 11 is 0. The average molecular weight is 478 g/mol. The Morgan fingerprint density at radius 2 is 1.56 bits per heavy atom. The number of sulfone groups is 1. The van der Waals surface area contributed by atoms with E-state index in [1.165, 1.54) is 0 Å². The van der Waals surface area contributed by atoms with Crippen LogP contribution >= 0.6 is 0 Å². The highest BCUT2D eigenvalue weighted by Gasteiger charge is 2.40. The number of pyridine rings is 1. The monoisotopic (exact) mass is 477 g/mol. The molecule has 0 spiro atoms. The fourth-order valence-corrected chi connectivity index (χ4v) is 7.28. The Bertz CT molecular complexity index is 1480. The predicted molar refractivity (Wildman–Crippen MR) is 125 cm³/mol. The minimum Gasteiger partial charge on any atom is -0.336 e. The fourth-order valence-electron chi connectivity index (χ4n) is 5.52. The molecule has 1 atom stereocenters. The molecule has 6 rings (SSSR count). The van der Waals surface area contributed by atoms with Crippen LogP contribution in [0, 0.1) is 0 Å². The van der Waals surface area contributed by atoms with Crippen molar-refractivity contribution in [2.24, 2.45) is 0 Å². The molecule has 0 saturated carbocycles. The number of benzene rings is 1. The van der Waals surface area contributed by atoms with Crippen LogP contribution in [0.3, 0.4) is 0 Å². The first-order valence-electron chi connectivity index (χ1n) is 11.4.